The van der Waals surface area contributed by atoms with Crippen LogP contribution < -0.4 is 0 Å². The molecule has 8 aromatic rings. The first kappa shape index (κ1) is 21.7. The first-order chi connectivity index (χ1) is 19.3. The summed E-state index contributed by atoms with van der Waals surface area (Å²) in [5.74, 6) is 0.856. The van der Waals surface area contributed by atoms with Crippen molar-refractivity contribution in [2.45, 2.75) is 0 Å². The third kappa shape index (κ3) is 3.50. The fourth-order valence-corrected chi connectivity index (χ4v) is 5.66. The molecule has 0 spiro atoms. The number of hydrogen-bond acceptors (Lipinski definition) is 3. The van der Waals surface area contributed by atoms with Crippen LogP contribution in [0.2, 0.25) is 0 Å². The molecule has 39 heavy (non-hydrogen) atoms. The Morgan fingerprint density at radius 2 is 1.18 bits per heavy atom. The number of aromatic nitrogens is 4. The molecule has 4 nitrogen and oxygen atoms in total. The van der Waals surface area contributed by atoms with Gasteiger partial charge in [0, 0.05) is 28.7 Å². The molecule has 4 aromatic carbocycles. The Labute approximate surface area is 224 Å². The van der Waals surface area contributed by atoms with Gasteiger partial charge in [0.1, 0.15) is 5.82 Å². The van der Waals surface area contributed by atoms with Gasteiger partial charge in [-0.25, -0.2) is 9.97 Å². The van der Waals surface area contributed by atoms with Crippen molar-refractivity contribution in [2.24, 2.45) is 0 Å². The maximum atomic E-state index is 5.08. The molecule has 0 aliphatic rings. The number of rotatable bonds is 3. The third-order valence-corrected chi connectivity index (χ3v) is 7.49. The summed E-state index contributed by atoms with van der Waals surface area (Å²) < 4.78 is 2.20. The summed E-state index contributed by atoms with van der Waals surface area (Å²) in [5, 5.41) is 7.26. The second kappa shape index (κ2) is 8.61. The van der Waals surface area contributed by atoms with Crippen molar-refractivity contribution in [1.82, 2.24) is 19.5 Å². The van der Waals surface area contributed by atoms with E-state index in [0.717, 1.165) is 50.3 Å². The number of pyridine rings is 3. The lowest BCUT2D eigenvalue weighted by Gasteiger charge is -2.10. The molecule has 0 amide bonds. The second-order valence-electron chi connectivity index (χ2n) is 9.76. The summed E-state index contributed by atoms with van der Waals surface area (Å²) in [6.45, 7) is 0. The minimum atomic E-state index is 0.834. The zero-order chi connectivity index (χ0) is 25.8. The van der Waals surface area contributed by atoms with Crippen molar-refractivity contribution in [2.75, 3.05) is 0 Å². The van der Waals surface area contributed by atoms with Gasteiger partial charge in [0.15, 0.2) is 0 Å². The van der Waals surface area contributed by atoms with Gasteiger partial charge in [-0.05, 0) is 64.0 Å². The Morgan fingerprint density at radius 1 is 0.462 bits per heavy atom. The standard InChI is InChI=1S/C35H22N4/c1-2-8-26-23(7-1)15-16-24-21-25(17-18-27(24)26)30-10-5-11-31(37-30)32-12-6-14-35(38-32)39-33-13-4-3-9-28(33)29-22-36-20-19-34(29)39/h1-22H. The van der Waals surface area contributed by atoms with Crippen LogP contribution in [-0.4, -0.2) is 19.5 Å². The zero-order valence-electron chi connectivity index (χ0n) is 21.0. The van der Waals surface area contributed by atoms with E-state index in [1.807, 2.05) is 36.7 Å². The fourth-order valence-electron chi connectivity index (χ4n) is 5.66. The largest absolute Gasteiger partial charge is 0.294 e. The van der Waals surface area contributed by atoms with Crippen LogP contribution in [-0.2, 0) is 0 Å². The van der Waals surface area contributed by atoms with E-state index in [9.17, 15) is 0 Å². The predicted molar refractivity (Wildman–Crippen MR) is 160 cm³/mol. The highest BCUT2D eigenvalue weighted by atomic mass is 15.1. The maximum Gasteiger partial charge on any atom is 0.138 e. The molecule has 4 aromatic heterocycles. The Bertz CT molecular complexity index is 2140. The molecule has 0 unspecified atom stereocenters. The van der Waals surface area contributed by atoms with Crippen molar-refractivity contribution in [1.29, 1.82) is 0 Å². The number of para-hydroxylation sites is 1. The number of nitrogens with zero attached hydrogens (tertiary/aromatic N) is 4. The van der Waals surface area contributed by atoms with Gasteiger partial charge < -0.3 is 0 Å². The van der Waals surface area contributed by atoms with Crippen LogP contribution >= 0.6 is 0 Å². The number of hydrogen-bond donors (Lipinski definition) is 0. The highest BCUT2D eigenvalue weighted by molar-refractivity contribution is 6.09. The van der Waals surface area contributed by atoms with Gasteiger partial charge in [0.05, 0.1) is 28.1 Å². The van der Waals surface area contributed by atoms with E-state index in [-0.39, 0.29) is 0 Å². The van der Waals surface area contributed by atoms with Crippen molar-refractivity contribution in [3.63, 3.8) is 0 Å². The van der Waals surface area contributed by atoms with E-state index >= 15 is 0 Å². The lowest BCUT2D eigenvalue weighted by molar-refractivity contribution is 1.08. The molecule has 0 saturated heterocycles. The molecule has 0 atom stereocenters. The van der Waals surface area contributed by atoms with E-state index in [1.165, 1.54) is 21.5 Å². The number of benzene rings is 4. The van der Waals surface area contributed by atoms with Crippen molar-refractivity contribution in [3.05, 3.63) is 134 Å². The average molecular weight is 499 g/mol. The topological polar surface area (TPSA) is 43.6 Å². The van der Waals surface area contributed by atoms with Gasteiger partial charge in [-0.1, -0.05) is 78.9 Å². The smallest absolute Gasteiger partial charge is 0.138 e. The molecule has 0 fully saturated rings. The van der Waals surface area contributed by atoms with Gasteiger partial charge >= 0.3 is 0 Å². The number of fused-ring (bicyclic) bond motifs is 6. The quantitative estimate of drug-likeness (QED) is 0.229. The van der Waals surface area contributed by atoms with Crippen molar-refractivity contribution < 1.29 is 0 Å². The highest BCUT2D eigenvalue weighted by Gasteiger charge is 2.14. The van der Waals surface area contributed by atoms with E-state index < -0.39 is 0 Å². The van der Waals surface area contributed by atoms with Gasteiger partial charge in [-0.2, -0.15) is 0 Å². The Hall–Kier alpha value is -5.35. The Kier molecular flexibility index (Phi) is 4.79. The van der Waals surface area contributed by atoms with Crippen LogP contribution in [0.1, 0.15) is 0 Å². The molecule has 0 saturated carbocycles. The zero-order valence-corrected chi connectivity index (χ0v) is 21.0. The molecule has 0 N–H and O–H groups in total. The summed E-state index contributed by atoms with van der Waals surface area (Å²) in [4.78, 5) is 14.5. The second-order valence-corrected chi connectivity index (χ2v) is 9.76. The molecule has 0 bridgehead atoms. The molecule has 4 heteroatoms. The SMILES string of the molecule is c1cc(-c2ccc3c(ccc4ccccc43)c2)nc(-c2cccc(-n3c4ccccc4c4cnccc43)n2)c1. The third-order valence-electron chi connectivity index (χ3n) is 7.49. The summed E-state index contributed by atoms with van der Waals surface area (Å²) in [7, 11) is 0. The van der Waals surface area contributed by atoms with E-state index in [4.69, 9.17) is 9.97 Å². The summed E-state index contributed by atoms with van der Waals surface area (Å²) in [6.07, 6.45) is 3.76. The van der Waals surface area contributed by atoms with Crippen LogP contribution in [0, 0.1) is 0 Å². The van der Waals surface area contributed by atoms with Gasteiger partial charge in [0.25, 0.3) is 0 Å². The lowest BCUT2D eigenvalue weighted by atomic mass is 9.99. The molecule has 4 heterocycles. The Morgan fingerprint density at radius 3 is 2.13 bits per heavy atom. The minimum absolute atomic E-state index is 0.834. The van der Waals surface area contributed by atoms with Gasteiger partial charge in [-0.15, -0.1) is 0 Å². The average Bonchev–Trinajstić information content (AvgIpc) is 3.35. The van der Waals surface area contributed by atoms with Gasteiger partial charge in [0.2, 0.25) is 0 Å². The van der Waals surface area contributed by atoms with Crippen LogP contribution in [0.25, 0.3) is 71.8 Å². The highest BCUT2D eigenvalue weighted by Crippen LogP contribution is 2.32. The predicted octanol–water partition coefficient (Wildman–Crippen LogP) is 8.61. The van der Waals surface area contributed by atoms with Crippen LogP contribution in [0.4, 0.5) is 0 Å². The van der Waals surface area contributed by atoms with E-state index in [1.54, 1.807) is 0 Å². The first-order valence-electron chi connectivity index (χ1n) is 13.0. The molecular weight excluding hydrogens is 476 g/mol. The van der Waals surface area contributed by atoms with Crippen LogP contribution in [0.15, 0.2) is 134 Å². The summed E-state index contributed by atoms with van der Waals surface area (Å²) in [5.41, 5.74) is 5.89. The molecule has 8 rings (SSSR count). The van der Waals surface area contributed by atoms with Crippen LogP contribution in [0.5, 0.6) is 0 Å². The minimum Gasteiger partial charge on any atom is -0.294 e. The van der Waals surface area contributed by atoms with E-state index in [0.29, 0.717) is 0 Å². The normalized spacial score (nSPS) is 11.6. The Balaban J connectivity index is 1.24. The summed E-state index contributed by atoms with van der Waals surface area (Å²) in [6, 6.07) is 42.2. The van der Waals surface area contributed by atoms with E-state index in [2.05, 4.69) is 107 Å². The fraction of sp³-hybridized carbons (Fsp3) is 0. The van der Waals surface area contributed by atoms with Crippen molar-refractivity contribution >= 4 is 43.4 Å². The van der Waals surface area contributed by atoms with Gasteiger partial charge in [-0.3, -0.25) is 9.55 Å². The molecule has 0 aliphatic carbocycles. The van der Waals surface area contributed by atoms with Crippen molar-refractivity contribution in [3.8, 4) is 28.5 Å². The lowest BCUT2D eigenvalue weighted by Crippen LogP contribution is -1.99. The first-order valence-corrected chi connectivity index (χ1v) is 13.0. The molecule has 0 aliphatic heterocycles. The molecular formula is C35H22N4. The monoisotopic (exact) mass is 498 g/mol. The summed E-state index contributed by atoms with van der Waals surface area (Å²) >= 11 is 0. The maximum absolute atomic E-state index is 5.08. The molecule has 182 valence electrons. The molecule has 0 radical (unpaired) electrons. The van der Waals surface area contributed by atoms with Crippen LogP contribution in [0.3, 0.4) is 0 Å².